The van der Waals surface area contributed by atoms with Crippen molar-refractivity contribution >= 4 is 5.78 Å². The molecule has 0 spiro atoms. The lowest BCUT2D eigenvalue weighted by molar-refractivity contribution is -0.157. The maximum atomic E-state index is 12.4. The first kappa shape index (κ1) is 13.7. The van der Waals surface area contributed by atoms with E-state index >= 15 is 0 Å². The van der Waals surface area contributed by atoms with E-state index in [9.17, 15) is 9.90 Å². The number of rotatable bonds is 2. The molecule has 1 aliphatic rings. The van der Waals surface area contributed by atoms with Crippen LogP contribution in [0.5, 0.6) is 0 Å². The topological polar surface area (TPSA) is 37.3 Å². The van der Waals surface area contributed by atoms with Gasteiger partial charge in [0.1, 0.15) is 5.78 Å². The second kappa shape index (κ2) is 4.14. The maximum Gasteiger partial charge on any atom is 0.146 e. The molecule has 0 atom stereocenters. The molecule has 0 heterocycles. The van der Waals surface area contributed by atoms with Gasteiger partial charge in [0.25, 0.3) is 0 Å². The Labute approximate surface area is 99.4 Å². The summed E-state index contributed by atoms with van der Waals surface area (Å²) in [4.78, 5) is 12.4. The highest BCUT2D eigenvalue weighted by Crippen LogP contribution is 2.45. The summed E-state index contributed by atoms with van der Waals surface area (Å²) in [5.41, 5.74) is -1.81. The molecule has 1 rings (SSSR count). The van der Waals surface area contributed by atoms with Gasteiger partial charge in [0, 0.05) is 5.41 Å². The fourth-order valence-corrected chi connectivity index (χ4v) is 2.91. The molecule has 0 aromatic carbocycles. The van der Waals surface area contributed by atoms with E-state index < -0.39 is 11.0 Å². The van der Waals surface area contributed by atoms with Gasteiger partial charge < -0.3 is 5.11 Å². The highest BCUT2D eigenvalue weighted by atomic mass is 16.3. The normalized spacial score (nSPS) is 21.9. The molecule has 0 aromatic rings. The van der Waals surface area contributed by atoms with E-state index in [1.54, 1.807) is 0 Å². The summed E-state index contributed by atoms with van der Waals surface area (Å²) in [7, 11) is 0. The Morgan fingerprint density at radius 1 is 1.00 bits per heavy atom. The van der Waals surface area contributed by atoms with Gasteiger partial charge in [-0.05, 0) is 12.8 Å². The zero-order valence-corrected chi connectivity index (χ0v) is 11.4. The van der Waals surface area contributed by atoms with Gasteiger partial charge in [-0.3, -0.25) is 4.79 Å². The van der Waals surface area contributed by atoms with Gasteiger partial charge in [-0.2, -0.15) is 0 Å². The quantitative estimate of drug-likeness (QED) is 0.784. The third-order valence-electron chi connectivity index (χ3n) is 4.09. The zero-order valence-electron chi connectivity index (χ0n) is 11.4. The predicted octanol–water partition coefficient (Wildman–Crippen LogP) is 3.32. The second-order valence-electron chi connectivity index (χ2n) is 6.80. The number of hydrogen-bond donors (Lipinski definition) is 1. The van der Waals surface area contributed by atoms with Crippen molar-refractivity contribution in [1.29, 1.82) is 0 Å². The first-order chi connectivity index (χ1) is 7.11. The summed E-state index contributed by atoms with van der Waals surface area (Å²) >= 11 is 0. The van der Waals surface area contributed by atoms with Gasteiger partial charge in [-0.25, -0.2) is 0 Å². The number of ketones is 1. The van der Waals surface area contributed by atoms with Crippen molar-refractivity contribution in [1.82, 2.24) is 0 Å². The van der Waals surface area contributed by atoms with E-state index in [1.165, 1.54) is 6.42 Å². The van der Waals surface area contributed by atoms with Crippen molar-refractivity contribution in [2.45, 2.75) is 72.3 Å². The molecule has 0 amide bonds. The van der Waals surface area contributed by atoms with E-state index in [0.29, 0.717) is 0 Å². The molecule has 94 valence electrons. The molecular weight excluding hydrogens is 200 g/mol. The van der Waals surface area contributed by atoms with Crippen LogP contribution in [0.25, 0.3) is 0 Å². The molecule has 2 nitrogen and oxygen atoms in total. The van der Waals surface area contributed by atoms with Crippen molar-refractivity contribution in [2.75, 3.05) is 0 Å². The zero-order chi connectivity index (χ0) is 12.6. The predicted molar refractivity (Wildman–Crippen MR) is 66.3 cm³/mol. The molecule has 0 aliphatic heterocycles. The SMILES string of the molecule is CC(C)(C)C(=O)C(C)(C)C1(O)CCCCC1. The molecule has 0 radical (unpaired) electrons. The van der Waals surface area contributed by atoms with Crippen LogP contribution in [0.4, 0.5) is 0 Å². The average molecular weight is 226 g/mol. The Morgan fingerprint density at radius 3 is 1.81 bits per heavy atom. The number of carbonyl (C=O) groups excluding carboxylic acids is 1. The molecule has 0 aromatic heterocycles. The Morgan fingerprint density at radius 2 is 1.44 bits per heavy atom. The highest BCUT2D eigenvalue weighted by Gasteiger charge is 2.51. The molecule has 1 fully saturated rings. The summed E-state index contributed by atoms with van der Waals surface area (Å²) in [6.07, 6.45) is 4.79. The minimum Gasteiger partial charge on any atom is -0.389 e. The summed E-state index contributed by atoms with van der Waals surface area (Å²) in [5, 5.41) is 10.7. The molecule has 0 unspecified atom stereocenters. The summed E-state index contributed by atoms with van der Waals surface area (Å²) in [6, 6.07) is 0. The minimum absolute atomic E-state index is 0.171. The second-order valence-corrected chi connectivity index (χ2v) is 6.80. The van der Waals surface area contributed by atoms with Crippen molar-refractivity contribution in [3.8, 4) is 0 Å². The lowest BCUT2D eigenvalue weighted by Gasteiger charge is -2.46. The van der Waals surface area contributed by atoms with Crippen LogP contribution in [0.3, 0.4) is 0 Å². The first-order valence-corrected chi connectivity index (χ1v) is 6.38. The Balaban J connectivity index is 2.95. The van der Waals surface area contributed by atoms with E-state index in [1.807, 2.05) is 34.6 Å². The maximum absolute atomic E-state index is 12.4. The lowest BCUT2D eigenvalue weighted by Crippen LogP contribution is -2.53. The van der Waals surface area contributed by atoms with Gasteiger partial charge >= 0.3 is 0 Å². The van der Waals surface area contributed by atoms with Crippen LogP contribution in [0, 0.1) is 10.8 Å². The Hall–Kier alpha value is -0.370. The van der Waals surface area contributed by atoms with Crippen LogP contribution < -0.4 is 0 Å². The minimum atomic E-state index is -0.796. The fourth-order valence-electron chi connectivity index (χ4n) is 2.91. The Kier molecular flexibility index (Phi) is 3.54. The molecule has 1 aliphatic carbocycles. The van der Waals surface area contributed by atoms with Crippen molar-refractivity contribution in [2.24, 2.45) is 10.8 Å². The summed E-state index contributed by atoms with van der Waals surface area (Å²) in [6.45, 7) is 9.62. The van der Waals surface area contributed by atoms with E-state index in [0.717, 1.165) is 25.7 Å². The van der Waals surface area contributed by atoms with Crippen LogP contribution in [-0.4, -0.2) is 16.5 Å². The van der Waals surface area contributed by atoms with E-state index in [4.69, 9.17) is 0 Å². The van der Waals surface area contributed by atoms with Crippen LogP contribution >= 0.6 is 0 Å². The van der Waals surface area contributed by atoms with Gasteiger partial charge in [-0.15, -0.1) is 0 Å². The van der Waals surface area contributed by atoms with Gasteiger partial charge in [0.15, 0.2) is 0 Å². The molecular formula is C14H26O2. The molecule has 2 heteroatoms. The number of hydrogen-bond acceptors (Lipinski definition) is 2. The van der Waals surface area contributed by atoms with Gasteiger partial charge in [0.05, 0.1) is 11.0 Å². The summed E-state index contributed by atoms with van der Waals surface area (Å²) in [5.74, 6) is 0.171. The Bertz CT molecular complexity index is 265. The largest absolute Gasteiger partial charge is 0.389 e. The van der Waals surface area contributed by atoms with Crippen LogP contribution in [-0.2, 0) is 4.79 Å². The van der Waals surface area contributed by atoms with E-state index in [-0.39, 0.29) is 11.2 Å². The number of Topliss-reactive ketones (excluding diaryl/α,β-unsaturated/α-hetero) is 1. The summed E-state index contributed by atoms with van der Waals surface area (Å²) < 4.78 is 0. The van der Waals surface area contributed by atoms with Crippen LogP contribution in [0.2, 0.25) is 0 Å². The molecule has 16 heavy (non-hydrogen) atoms. The highest BCUT2D eigenvalue weighted by molar-refractivity contribution is 5.89. The van der Waals surface area contributed by atoms with Crippen LogP contribution in [0.15, 0.2) is 0 Å². The van der Waals surface area contributed by atoms with Gasteiger partial charge in [0.2, 0.25) is 0 Å². The first-order valence-electron chi connectivity index (χ1n) is 6.38. The smallest absolute Gasteiger partial charge is 0.146 e. The van der Waals surface area contributed by atoms with Crippen molar-refractivity contribution in [3.63, 3.8) is 0 Å². The van der Waals surface area contributed by atoms with Gasteiger partial charge in [-0.1, -0.05) is 53.9 Å². The third-order valence-corrected chi connectivity index (χ3v) is 4.09. The lowest BCUT2D eigenvalue weighted by atomic mass is 9.61. The number of carbonyl (C=O) groups is 1. The molecule has 0 saturated heterocycles. The fraction of sp³-hybridized carbons (Fsp3) is 0.929. The third kappa shape index (κ3) is 2.32. The van der Waals surface area contributed by atoms with Crippen molar-refractivity contribution in [3.05, 3.63) is 0 Å². The number of aliphatic hydroxyl groups is 1. The monoisotopic (exact) mass is 226 g/mol. The van der Waals surface area contributed by atoms with E-state index in [2.05, 4.69) is 0 Å². The molecule has 0 bridgehead atoms. The average Bonchev–Trinajstić information content (AvgIpc) is 2.16. The molecule has 1 saturated carbocycles. The standard InChI is InChI=1S/C14H26O2/c1-12(2,3)11(15)13(4,5)14(16)9-7-6-8-10-14/h16H,6-10H2,1-5H3. The van der Waals surface area contributed by atoms with Crippen LogP contribution in [0.1, 0.15) is 66.7 Å². The van der Waals surface area contributed by atoms with Crippen molar-refractivity contribution < 1.29 is 9.90 Å². The molecule has 1 N–H and O–H groups in total.